The van der Waals surface area contributed by atoms with Crippen molar-refractivity contribution in [2.45, 2.75) is 32.6 Å². The first-order valence-corrected chi connectivity index (χ1v) is 8.70. The highest BCUT2D eigenvalue weighted by Gasteiger charge is 2.40. The molecular formula is C20H24F2N2O2. The summed E-state index contributed by atoms with van der Waals surface area (Å²) in [5, 5.41) is 2.56. The molecule has 26 heavy (non-hydrogen) atoms. The standard InChI is InChI=1S/C20H24F2N2O2/c1-3-4-5-10-17(16-9-7-6-8-15(16)2)19(26)23-13-18(25)24-12-11-20(21,22)14-24/h4-10H,3,11-14H2,1-2H3,(H,23,26)/b5-4+,17-10+. The Hall–Kier alpha value is -2.50. The van der Waals surface area contributed by atoms with Crippen LogP contribution in [0.2, 0.25) is 0 Å². The summed E-state index contributed by atoms with van der Waals surface area (Å²) in [6, 6.07) is 7.46. The summed E-state index contributed by atoms with van der Waals surface area (Å²) in [4.78, 5) is 25.8. The number of nitrogens with zero attached hydrogens (tertiary/aromatic N) is 1. The lowest BCUT2D eigenvalue weighted by Gasteiger charge is -2.17. The number of aryl methyl sites for hydroxylation is 1. The molecule has 1 N–H and O–H groups in total. The average Bonchev–Trinajstić information content (AvgIpc) is 2.97. The third-order valence-electron chi connectivity index (χ3n) is 4.24. The van der Waals surface area contributed by atoms with Crippen LogP contribution in [0.25, 0.3) is 5.57 Å². The van der Waals surface area contributed by atoms with Crippen LogP contribution in [0, 0.1) is 6.92 Å². The topological polar surface area (TPSA) is 49.4 Å². The number of halogens is 2. The van der Waals surface area contributed by atoms with Crippen molar-refractivity contribution in [3.05, 3.63) is 53.6 Å². The van der Waals surface area contributed by atoms with Gasteiger partial charge in [-0.25, -0.2) is 8.78 Å². The molecule has 0 unspecified atom stereocenters. The van der Waals surface area contributed by atoms with E-state index in [9.17, 15) is 18.4 Å². The zero-order chi connectivity index (χ0) is 19.2. The maximum absolute atomic E-state index is 13.2. The number of carbonyl (C=O) groups is 2. The number of hydrogen-bond donors (Lipinski definition) is 1. The van der Waals surface area contributed by atoms with E-state index in [2.05, 4.69) is 5.32 Å². The Bertz CT molecular complexity index is 726. The van der Waals surface area contributed by atoms with Gasteiger partial charge in [0.05, 0.1) is 13.1 Å². The lowest BCUT2D eigenvalue weighted by molar-refractivity contribution is -0.132. The minimum Gasteiger partial charge on any atom is -0.343 e. The molecule has 0 aliphatic carbocycles. The second kappa shape index (κ2) is 8.74. The monoisotopic (exact) mass is 362 g/mol. The molecule has 0 aromatic heterocycles. The van der Waals surface area contributed by atoms with Gasteiger partial charge in [-0.05, 0) is 30.5 Å². The molecule has 6 heteroatoms. The second-order valence-electron chi connectivity index (χ2n) is 6.34. The highest BCUT2D eigenvalue weighted by Crippen LogP contribution is 2.26. The molecule has 140 valence electrons. The highest BCUT2D eigenvalue weighted by molar-refractivity contribution is 6.20. The number of likely N-dealkylation sites (tertiary alicyclic amines) is 1. The number of amides is 2. The first-order chi connectivity index (χ1) is 12.3. The summed E-state index contributed by atoms with van der Waals surface area (Å²) in [6.45, 7) is 3.03. The van der Waals surface area contributed by atoms with E-state index in [1.807, 2.05) is 44.2 Å². The summed E-state index contributed by atoms with van der Waals surface area (Å²) in [6.07, 6.45) is 5.92. The quantitative estimate of drug-likeness (QED) is 0.623. The number of carbonyl (C=O) groups excluding carboxylic acids is 2. The van der Waals surface area contributed by atoms with Gasteiger partial charge in [0.15, 0.2) is 0 Å². The fraction of sp³-hybridized carbons (Fsp3) is 0.400. The van der Waals surface area contributed by atoms with Gasteiger partial charge in [-0.1, -0.05) is 43.3 Å². The Morgan fingerprint density at radius 2 is 2.04 bits per heavy atom. The van der Waals surface area contributed by atoms with Crippen LogP contribution in [-0.2, 0) is 9.59 Å². The van der Waals surface area contributed by atoms with Gasteiger partial charge in [-0.2, -0.15) is 0 Å². The van der Waals surface area contributed by atoms with Gasteiger partial charge in [0.25, 0.3) is 11.8 Å². The molecule has 1 saturated heterocycles. The number of allylic oxidation sites excluding steroid dienone is 3. The minimum absolute atomic E-state index is 0.0153. The van der Waals surface area contributed by atoms with E-state index >= 15 is 0 Å². The maximum Gasteiger partial charge on any atom is 0.267 e. The van der Waals surface area contributed by atoms with Crippen LogP contribution in [0.15, 0.2) is 42.5 Å². The molecule has 0 atom stereocenters. The zero-order valence-corrected chi connectivity index (χ0v) is 15.1. The number of nitrogens with one attached hydrogen (secondary N) is 1. The fourth-order valence-electron chi connectivity index (χ4n) is 2.77. The van der Waals surface area contributed by atoms with E-state index < -0.39 is 24.3 Å². The van der Waals surface area contributed by atoms with E-state index in [1.54, 1.807) is 12.2 Å². The molecule has 1 fully saturated rings. The molecule has 4 nitrogen and oxygen atoms in total. The molecule has 0 spiro atoms. The average molecular weight is 362 g/mol. The maximum atomic E-state index is 13.2. The first kappa shape index (κ1) is 19.8. The van der Waals surface area contributed by atoms with Crippen molar-refractivity contribution in [3.8, 4) is 0 Å². The van der Waals surface area contributed by atoms with E-state index in [4.69, 9.17) is 0 Å². The predicted molar refractivity (Wildman–Crippen MR) is 97.7 cm³/mol. The molecule has 1 aromatic carbocycles. The predicted octanol–water partition coefficient (Wildman–Crippen LogP) is 3.33. The van der Waals surface area contributed by atoms with Crippen LogP contribution in [-0.4, -0.2) is 42.3 Å². The number of hydrogen-bond acceptors (Lipinski definition) is 2. The van der Waals surface area contributed by atoms with E-state index in [0.29, 0.717) is 5.57 Å². The van der Waals surface area contributed by atoms with Gasteiger partial charge < -0.3 is 10.2 Å². The van der Waals surface area contributed by atoms with Gasteiger partial charge >= 0.3 is 0 Å². The smallest absolute Gasteiger partial charge is 0.267 e. The molecule has 1 aromatic rings. The fourth-order valence-corrected chi connectivity index (χ4v) is 2.77. The highest BCUT2D eigenvalue weighted by atomic mass is 19.3. The summed E-state index contributed by atoms with van der Waals surface area (Å²) in [5.74, 6) is -3.74. The number of rotatable bonds is 6. The minimum atomic E-state index is -2.84. The number of alkyl halides is 2. The van der Waals surface area contributed by atoms with Crippen LogP contribution >= 0.6 is 0 Å². The zero-order valence-electron chi connectivity index (χ0n) is 15.1. The van der Waals surface area contributed by atoms with Crippen LogP contribution in [0.5, 0.6) is 0 Å². The second-order valence-corrected chi connectivity index (χ2v) is 6.34. The Labute approximate surface area is 152 Å². The van der Waals surface area contributed by atoms with Crippen molar-refractivity contribution in [1.29, 1.82) is 0 Å². The SMILES string of the molecule is CC/C=C/C=C(/C(=O)NCC(=O)N1CCC(F)(F)C1)c1ccccc1C. The summed E-state index contributed by atoms with van der Waals surface area (Å²) in [5.41, 5.74) is 2.14. The van der Waals surface area contributed by atoms with Gasteiger partial charge in [0.2, 0.25) is 5.91 Å². The summed E-state index contributed by atoms with van der Waals surface area (Å²) in [7, 11) is 0. The number of benzene rings is 1. The largest absolute Gasteiger partial charge is 0.343 e. The van der Waals surface area contributed by atoms with Crippen molar-refractivity contribution < 1.29 is 18.4 Å². The van der Waals surface area contributed by atoms with Gasteiger partial charge in [-0.15, -0.1) is 0 Å². The lowest BCUT2D eigenvalue weighted by atomic mass is 9.99. The van der Waals surface area contributed by atoms with Gasteiger partial charge in [-0.3, -0.25) is 9.59 Å². The molecule has 1 aliphatic heterocycles. The molecule has 0 bridgehead atoms. The molecule has 0 radical (unpaired) electrons. The first-order valence-electron chi connectivity index (χ1n) is 8.70. The van der Waals surface area contributed by atoms with Crippen molar-refractivity contribution in [3.63, 3.8) is 0 Å². The Balaban J connectivity index is 2.08. The Kier molecular flexibility index (Phi) is 6.66. The molecule has 1 heterocycles. The van der Waals surface area contributed by atoms with E-state index in [-0.39, 0.29) is 19.5 Å². The lowest BCUT2D eigenvalue weighted by Crippen LogP contribution is -2.40. The molecule has 2 rings (SSSR count). The summed E-state index contributed by atoms with van der Waals surface area (Å²) < 4.78 is 26.4. The van der Waals surface area contributed by atoms with E-state index in [0.717, 1.165) is 22.4 Å². The molecule has 2 amide bonds. The summed E-state index contributed by atoms with van der Waals surface area (Å²) >= 11 is 0. The van der Waals surface area contributed by atoms with Crippen LogP contribution in [0.1, 0.15) is 30.9 Å². The van der Waals surface area contributed by atoms with Crippen molar-refractivity contribution >= 4 is 17.4 Å². The third-order valence-corrected chi connectivity index (χ3v) is 4.24. The van der Waals surface area contributed by atoms with Crippen LogP contribution in [0.3, 0.4) is 0 Å². The molecule has 1 aliphatic rings. The van der Waals surface area contributed by atoms with Crippen molar-refractivity contribution in [2.75, 3.05) is 19.6 Å². The van der Waals surface area contributed by atoms with Crippen LogP contribution < -0.4 is 5.32 Å². The van der Waals surface area contributed by atoms with Gasteiger partial charge in [0, 0.05) is 18.5 Å². The molecule has 0 saturated carbocycles. The normalized spacial score (nSPS) is 16.9. The molecular weight excluding hydrogens is 338 g/mol. The Morgan fingerprint density at radius 1 is 1.31 bits per heavy atom. The van der Waals surface area contributed by atoms with E-state index in [1.165, 1.54) is 0 Å². The van der Waals surface area contributed by atoms with Crippen LogP contribution in [0.4, 0.5) is 8.78 Å². The Morgan fingerprint density at radius 3 is 2.65 bits per heavy atom. The third kappa shape index (κ3) is 5.25. The van der Waals surface area contributed by atoms with Gasteiger partial charge in [0.1, 0.15) is 0 Å². The van der Waals surface area contributed by atoms with Crippen molar-refractivity contribution in [2.24, 2.45) is 0 Å². The van der Waals surface area contributed by atoms with Crippen molar-refractivity contribution in [1.82, 2.24) is 10.2 Å².